The Morgan fingerprint density at radius 3 is 2.25 bits per heavy atom. The topological polar surface area (TPSA) is 29.5 Å². The van der Waals surface area contributed by atoms with E-state index in [2.05, 4.69) is 25.7 Å². The zero-order valence-corrected chi connectivity index (χ0v) is 13.9. The molecule has 0 radical (unpaired) electrons. The summed E-state index contributed by atoms with van der Waals surface area (Å²) in [6.45, 7) is 12.8. The van der Waals surface area contributed by atoms with E-state index in [9.17, 15) is 4.79 Å². The number of rotatable bonds is 8. The van der Waals surface area contributed by atoms with Gasteiger partial charge in [-0.1, -0.05) is 20.8 Å². The van der Waals surface area contributed by atoms with Crippen LogP contribution in [0.15, 0.2) is 0 Å². The second-order valence-corrected chi connectivity index (χ2v) is 6.64. The van der Waals surface area contributed by atoms with Gasteiger partial charge < -0.3 is 9.64 Å². The summed E-state index contributed by atoms with van der Waals surface area (Å²) in [6.07, 6.45) is 5.58. The number of hydrogen-bond donors (Lipinski definition) is 0. The van der Waals surface area contributed by atoms with Crippen LogP contribution in [0.1, 0.15) is 59.8 Å². The molecule has 0 heterocycles. The number of ether oxygens (including phenoxy) is 1. The van der Waals surface area contributed by atoms with Gasteiger partial charge in [0, 0.05) is 19.5 Å². The smallest absolute Gasteiger partial charge is 0.306 e. The summed E-state index contributed by atoms with van der Waals surface area (Å²) in [5.41, 5.74) is 0. The number of carbonyl (C=O) groups is 1. The molecular weight excluding hydrogens is 250 g/mol. The van der Waals surface area contributed by atoms with Crippen molar-refractivity contribution in [2.24, 2.45) is 17.8 Å². The average Bonchev–Trinajstić information content (AvgIpc) is 2.40. The predicted octanol–water partition coefficient (Wildman–Crippen LogP) is 3.72. The maximum Gasteiger partial charge on any atom is 0.306 e. The summed E-state index contributed by atoms with van der Waals surface area (Å²) in [5.74, 6) is 2.12. The summed E-state index contributed by atoms with van der Waals surface area (Å²) in [5, 5.41) is 0. The fourth-order valence-corrected chi connectivity index (χ4v) is 3.29. The Kier molecular flexibility index (Phi) is 8.20. The molecule has 3 nitrogen and oxygen atoms in total. The molecule has 0 saturated heterocycles. The Labute approximate surface area is 125 Å². The summed E-state index contributed by atoms with van der Waals surface area (Å²) < 4.78 is 5.05. The number of esters is 1. The van der Waals surface area contributed by atoms with Crippen molar-refractivity contribution in [3.63, 3.8) is 0 Å². The van der Waals surface area contributed by atoms with E-state index in [0.29, 0.717) is 18.9 Å². The van der Waals surface area contributed by atoms with Crippen molar-refractivity contribution < 1.29 is 9.53 Å². The second-order valence-electron chi connectivity index (χ2n) is 6.64. The first-order valence-electron chi connectivity index (χ1n) is 8.43. The van der Waals surface area contributed by atoms with Gasteiger partial charge in [0.2, 0.25) is 0 Å². The fourth-order valence-electron chi connectivity index (χ4n) is 3.29. The fraction of sp³-hybridized carbons (Fsp3) is 0.941. The van der Waals surface area contributed by atoms with Crippen LogP contribution in [0.5, 0.6) is 0 Å². The van der Waals surface area contributed by atoms with Crippen molar-refractivity contribution >= 4 is 5.97 Å². The molecule has 1 fully saturated rings. The van der Waals surface area contributed by atoms with E-state index in [1.165, 1.54) is 38.8 Å². The van der Waals surface area contributed by atoms with Crippen LogP contribution < -0.4 is 0 Å². The van der Waals surface area contributed by atoms with E-state index in [1.807, 2.05) is 6.92 Å². The maximum atomic E-state index is 11.5. The van der Waals surface area contributed by atoms with Gasteiger partial charge in [-0.05, 0) is 56.9 Å². The Balaban J connectivity index is 2.25. The molecule has 0 N–H and O–H groups in total. The SMILES string of the molecule is CCOC(=O)CC1CCC(CN(CC)CC(C)C)CC1. The highest BCUT2D eigenvalue weighted by Gasteiger charge is 2.24. The minimum Gasteiger partial charge on any atom is -0.466 e. The van der Waals surface area contributed by atoms with Gasteiger partial charge in [-0.3, -0.25) is 4.79 Å². The molecule has 0 aromatic rings. The van der Waals surface area contributed by atoms with Crippen molar-refractivity contribution in [2.45, 2.75) is 59.8 Å². The highest BCUT2D eigenvalue weighted by molar-refractivity contribution is 5.69. The molecule has 0 spiro atoms. The van der Waals surface area contributed by atoms with Gasteiger partial charge >= 0.3 is 5.97 Å². The van der Waals surface area contributed by atoms with Crippen molar-refractivity contribution in [3.05, 3.63) is 0 Å². The molecule has 118 valence electrons. The largest absolute Gasteiger partial charge is 0.466 e. The lowest BCUT2D eigenvalue weighted by Gasteiger charge is -2.32. The van der Waals surface area contributed by atoms with E-state index in [4.69, 9.17) is 4.74 Å². The summed E-state index contributed by atoms with van der Waals surface area (Å²) in [7, 11) is 0. The van der Waals surface area contributed by atoms with Crippen LogP contribution in [0.25, 0.3) is 0 Å². The van der Waals surface area contributed by atoms with Crippen molar-refractivity contribution in [1.82, 2.24) is 4.90 Å². The van der Waals surface area contributed by atoms with Gasteiger partial charge in [0.05, 0.1) is 6.61 Å². The average molecular weight is 283 g/mol. The van der Waals surface area contributed by atoms with Gasteiger partial charge in [-0.25, -0.2) is 0 Å². The van der Waals surface area contributed by atoms with Crippen LogP contribution in [-0.2, 0) is 9.53 Å². The second kappa shape index (κ2) is 9.38. The van der Waals surface area contributed by atoms with Gasteiger partial charge in [0.1, 0.15) is 0 Å². The van der Waals surface area contributed by atoms with Crippen LogP contribution in [0.2, 0.25) is 0 Å². The molecule has 20 heavy (non-hydrogen) atoms. The Morgan fingerprint density at radius 2 is 1.75 bits per heavy atom. The molecule has 0 unspecified atom stereocenters. The molecule has 0 amide bonds. The molecular formula is C17H33NO2. The molecule has 0 aromatic carbocycles. The molecule has 3 heteroatoms. The zero-order valence-electron chi connectivity index (χ0n) is 13.9. The van der Waals surface area contributed by atoms with E-state index < -0.39 is 0 Å². The van der Waals surface area contributed by atoms with E-state index in [1.54, 1.807) is 0 Å². The Bertz CT molecular complexity index is 270. The van der Waals surface area contributed by atoms with Crippen LogP contribution >= 0.6 is 0 Å². The molecule has 0 aromatic heterocycles. The first-order chi connectivity index (χ1) is 9.55. The zero-order chi connectivity index (χ0) is 15.0. The molecule has 1 aliphatic rings. The van der Waals surface area contributed by atoms with E-state index in [-0.39, 0.29) is 5.97 Å². The molecule has 1 aliphatic carbocycles. The van der Waals surface area contributed by atoms with Crippen molar-refractivity contribution in [1.29, 1.82) is 0 Å². The van der Waals surface area contributed by atoms with Crippen molar-refractivity contribution in [3.8, 4) is 0 Å². The van der Waals surface area contributed by atoms with E-state index >= 15 is 0 Å². The lowest BCUT2D eigenvalue weighted by Crippen LogP contribution is -2.34. The number of carbonyl (C=O) groups excluding carboxylic acids is 1. The van der Waals surface area contributed by atoms with Crippen LogP contribution in [0.3, 0.4) is 0 Å². The van der Waals surface area contributed by atoms with E-state index in [0.717, 1.165) is 18.4 Å². The number of nitrogens with zero attached hydrogens (tertiary/aromatic N) is 1. The molecule has 0 aliphatic heterocycles. The van der Waals surface area contributed by atoms with Crippen LogP contribution in [0.4, 0.5) is 0 Å². The lowest BCUT2D eigenvalue weighted by molar-refractivity contribution is -0.144. The predicted molar refractivity (Wildman–Crippen MR) is 83.7 cm³/mol. The quantitative estimate of drug-likeness (QED) is 0.636. The van der Waals surface area contributed by atoms with Crippen LogP contribution in [0, 0.1) is 17.8 Å². The standard InChI is InChI=1S/C17H33NO2/c1-5-18(12-14(3)4)13-16-9-7-15(8-10-16)11-17(19)20-6-2/h14-16H,5-13H2,1-4H3. The third kappa shape index (κ3) is 6.74. The first-order valence-corrected chi connectivity index (χ1v) is 8.43. The van der Waals surface area contributed by atoms with Gasteiger partial charge in [0.15, 0.2) is 0 Å². The summed E-state index contributed by atoms with van der Waals surface area (Å²) in [6, 6.07) is 0. The first kappa shape index (κ1) is 17.5. The van der Waals surface area contributed by atoms with Gasteiger partial charge in [-0.2, -0.15) is 0 Å². The third-order valence-electron chi connectivity index (χ3n) is 4.31. The van der Waals surface area contributed by atoms with Gasteiger partial charge in [-0.15, -0.1) is 0 Å². The Hall–Kier alpha value is -0.570. The summed E-state index contributed by atoms with van der Waals surface area (Å²) in [4.78, 5) is 14.1. The van der Waals surface area contributed by atoms with Crippen LogP contribution in [-0.4, -0.2) is 37.1 Å². The maximum absolute atomic E-state index is 11.5. The molecule has 1 rings (SSSR count). The molecule has 0 bridgehead atoms. The monoisotopic (exact) mass is 283 g/mol. The van der Waals surface area contributed by atoms with Crippen molar-refractivity contribution in [2.75, 3.05) is 26.2 Å². The van der Waals surface area contributed by atoms with Gasteiger partial charge in [0.25, 0.3) is 0 Å². The lowest BCUT2D eigenvalue weighted by atomic mass is 9.80. The summed E-state index contributed by atoms with van der Waals surface area (Å²) >= 11 is 0. The highest BCUT2D eigenvalue weighted by Crippen LogP contribution is 2.31. The normalized spacial score (nSPS) is 23.3. The minimum atomic E-state index is -0.00839. The third-order valence-corrected chi connectivity index (χ3v) is 4.31. The molecule has 0 atom stereocenters. The molecule has 1 saturated carbocycles. The minimum absolute atomic E-state index is 0.00839. The Morgan fingerprint density at radius 1 is 1.15 bits per heavy atom. The number of hydrogen-bond acceptors (Lipinski definition) is 3. The highest BCUT2D eigenvalue weighted by atomic mass is 16.5.